The first-order chi connectivity index (χ1) is 11.0. The Morgan fingerprint density at radius 3 is 2.92 bits per heavy atom. The molecule has 0 aromatic heterocycles. The van der Waals surface area contributed by atoms with E-state index in [2.05, 4.69) is 35.5 Å². The van der Waals surface area contributed by atoms with Gasteiger partial charge in [-0.15, -0.1) is 24.0 Å². The topological polar surface area (TPSA) is 45.7 Å². The van der Waals surface area contributed by atoms with E-state index in [1.807, 2.05) is 25.2 Å². The van der Waals surface area contributed by atoms with E-state index >= 15 is 0 Å². The van der Waals surface area contributed by atoms with Crippen molar-refractivity contribution < 1.29 is 4.74 Å². The molecule has 1 aliphatic carbocycles. The molecule has 1 saturated heterocycles. The van der Waals surface area contributed by atoms with E-state index in [9.17, 15) is 0 Å². The summed E-state index contributed by atoms with van der Waals surface area (Å²) in [5.74, 6) is 1.48. The van der Waals surface area contributed by atoms with Crippen LogP contribution in [0.25, 0.3) is 0 Å². The summed E-state index contributed by atoms with van der Waals surface area (Å²) in [7, 11) is 1.82. The first-order valence-corrected chi connectivity index (χ1v) is 8.73. The number of guanidine groups is 1. The number of rotatable bonds is 4. The largest absolute Gasteiger partial charge is 0.377 e. The van der Waals surface area contributed by atoms with Crippen LogP contribution >= 0.6 is 35.6 Å². The number of halogens is 2. The molecule has 2 N–H and O–H groups in total. The fourth-order valence-electron chi connectivity index (χ4n) is 3.98. The number of fused-ring (bicyclic) bond motifs is 1. The van der Waals surface area contributed by atoms with Crippen molar-refractivity contribution in [3.8, 4) is 0 Å². The van der Waals surface area contributed by atoms with Crippen LogP contribution in [-0.2, 0) is 11.2 Å². The van der Waals surface area contributed by atoms with Gasteiger partial charge in [-0.1, -0.05) is 37.6 Å². The van der Waals surface area contributed by atoms with Gasteiger partial charge in [0.1, 0.15) is 0 Å². The lowest BCUT2D eigenvalue weighted by molar-refractivity contribution is -0.106. The monoisotopic (exact) mass is 463 g/mol. The van der Waals surface area contributed by atoms with Crippen LogP contribution in [0.3, 0.4) is 0 Å². The lowest BCUT2D eigenvalue weighted by Gasteiger charge is -2.54. The van der Waals surface area contributed by atoms with E-state index in [0.717, 1.165) is 37.0 Å². The van der Waals surface area contributed by atoms with E-state index in [1.165, 1.54) is 5.56 Å². The van der Waals surface area contributed by atoms with Gasteiger partial charge < -0.3 is 15.4 Å². The van der Waals surface area contributed by atoms with Crippen LogP contribution in [0.2, 0.25) is 5.02 Å². The van der Waals surface area contributed by atoms with Gasteiger partial charge in [0.25, 0.3) is 0 Å². The fraction of sp³-hybridized carbons (Fsp3) is 0.611. The maximum Gasteiger partial charge on any atom is 0.191 e. The van der Waals surface area contributed by atoms with Crippen molar-refractivity contribution in [2.24, 2.45) is 16.3 Å². The van der Waals surface area contributed by atoms with Crippen LogP contribution in [0.4, 0.5) is 0 Å². The normalized spacial score (nSPS) is 27.7. The first-order valence-electron chi connectivity index (χ1n) is 8.35. The summed E-state index contributed by atoms with van der Waals surface area (Å²) >= 11 is 6.02. The molecular formula is C18H27ClIN3O. The van der Waals surface area contributed by atoms with Crippen LogP contribution in [0.1, 0.15) is 25.8 Å². The van der Waals surface area contributed by atoms with Gasteiger partial charge in [0.05, 0.1) is 6.10 Å². The average Bonchev–Trinajstić information content (AvgIpc) is 2.97. The van der Waals surface area contributed by atoms with Crippen LogP contribution in [-0.4, -0.2) is 38.3 Å². The zero-order valence-electron chi connectivity index (χ0n) is 14.5. The number of aliphatic imine (C=N–C) groups is 1. The highest BCUT2D eigenvalue weighted by molar-refractivity contribution is 14.0. The molecule has 1 aromatic rings. The average molecular weight is 464 g/mol. The lowest BCUT2D eigenvalue weighted by Crippen LogP contribution is -2.68. The molecule has 0 amide bonds. The summed E-state index contributed by atoms with van der Waals surface area (Å²) in [6.45, 7) is 6.27. The van der Waals surface area contributed by atoms with Crippen molar-refractivity contribution in [1.82, 2.24) is 10.6 Å². The Morgan fingerprint density at radius 1 is 1.42 bits per heavy atom. The second-order valence-electron chi connectivity index (χ2n) is 7.07. The zero-order chi connectivity index (χ0) is 16.4. The van der Waals surface area contributed by atoms with E-state index in [1.54, 1.807) is 0 Å². The Bertz CT molecular complexity index is 593. The van der Waals surface area contributed by atoms with Gasteiger partial charge in [0.15, 0.2) is 5.96 Å². The Labute approximate surface area is 166 Å². The molecule has 6 heteroatoms. The van der Waals surface area contributed by atoms with Crippen LogP contribution in [0.5, 0.6) is 0 Å². The van der Waals surface area contributed by atoms with Crippen LogP contribution < -0.4 is 10.6 Å². The molecule has 1 heterocycles. The molecule has 2 aliphatic rings. The Hall–Kier alpha value is -0.530. The Kier molecular flexibility index (Phi) is 6.79. The van der Waals surface area contributed by atoms with Gasteiger partial charge in [-0.2, -0.15) is 0 Å². The SMILES string of the molecule is CN=C(NCCc1cccc(Cl)c1)NC1C2CCOC2C1(C)C.I. The number of nitrogens with zero attached hydrogens (tertiary/aromatic N) is 1. The minimum absolute atomic E-state index is 0. The summed E-state index contributed by atoms with van der Waals surface area (Å²) < 4.78 is 5.85. The standard InChI is InChI=1S/C18H26ClN3O.HI/c1-18(2)15(14-8-10-23-16(14)18)22-17(20-3)21-9-7-12-5-4-6-13(19)11-12;/h4-6,11,14-16H,7-10H2,1-3H3,(H2,20,21,22);1H. The van der Waals surface area contributed by atoms with Gasteiger partial charge >= 0.3 is 0 Å². The van der Waals surface area contributed by atoms with Gasteiger partial charge in [0.2, 0.25) is 0 Å². The molecule has 3 unspecified atom stereocenters. The quantitative estimate of drug-likeness (QED) is 0.408. The summed E-state index contributed by atoms with van der Waals surface area (Å²) in [6.07, 6.45) is 2.46. The molecular weight excluding hydrogens is 437 g/mol. The third-order valence-corrected chi connectivity index (χ3v) is 5.45. The van der Waals surface area contributed by atoms with Crippen molar-refractivity contribution in [2.45, 2.75) is 38.8 Å². The van der Waals surface area contributed by atoms with E-state index in [4.69, 9.17) is 16.3 Å². The lowest BCUT2D eigenvalue weighted by atomic mass is 9.57. The summed E-state index contributed by atoms with van der Waals surface area (Å²) in [5, 5.41) is 7.79. The van der Waals surface area contributed by atoms with Crippen molar-refractivity contribution in [1.29, 1.82) is 0 Å². The van der Waals surface area contributed by atoms with E-state index < -0.39 is 0 Å². The van der Waals surface area contributed by atoms with Crippen LogP contribution in [0, 0.1) is 11.3 Å². The molecule has 2 fully saturated rings. The minimum atomic E-state index is 0. The second-order valence-corrected chi connectivity index (χ2v) is 7.50. The summed E-state index contributed by atoms with van der Waals surface area (Å²) in [4.78, 5) is 4.37. The molecule has 4 nitrogen and oxygen atoms in total. The Morgan fingerprint density at radius 2 is 2.21 bits per heavy atom. The van der Waals surface area contributed by atoms with Gasteiger partial charge in [-0.05, 0) is 30.5 Å². The highest BCUT2D eigenvalue weighted by Gasteiger charge is 2.59. The third-order valence-electron chi connectivity index (χ3n) is 5.21. The number of benzene rings is 1. The smallest absolute Gasteiger partial charge is 0.191 e. The predicted molar refractivity (Wildman–Crippen MR) is 110 cm³/mol. The van der Waals surface area contributed by atoms with E-state index in [-0.39, 0.29) is 29.4 Å². The molecule has 0 bridgehead atoms. The van der Waals surface area contributed by atoms with E-state index in [0.29, 0.717) is 18.1 Å². The van der Waals surface area contributed by atoms with Crippen molar-refractivity contribution >= 4 is 41.5 Å². The number of nitrogens with one attached hydrogen (secondary N) is 2. The number of ether oxygens (including phenoxy) is 1. The first kappa shape index (κ1) is 19.8. The maximum atomic E-state index is 6.02. The van der Waals surface area contributed by atoms with Crippen molar-refractivity contribution in [3.05, 3.63) is 34.9 Å². The molecule has 3 rings (SSSR count). The van der Waals surface area contributed by atoms with Gasteiger partial charge in [0, 0.05) is 42.6 Å². The zero-order valence-corrected chi connectivity index (χ0v) is 17.6. The number of hydrogen-bond acceptors (Lipinski definition) is 2. The molecule has 3 atom stereocenters. The summed E-state index contributed by atoms with van der Waals surface area (Å²) in [5.41, 5.74) is 1.39. The highest BCUT2D eigenvalue weighted by Crippen LogP contribution is 2.52. The van der Waals surface area contributed by atoms with Gasteiger partial charge in [-0.3, -0.25) is 4.99 Å². The second kappa shape index (κ2) is 8.23. The third kappa shape index (κ3) is 3.99. The predicted octanol–water partition coefficient (Wildman–Crippen LogP) is 3.48. The highest BCUT2D eigenvalue weighted by atomic mass is 127. The molecule has 134 valence electrons. The molecule has 1 aliphatic heterocycles. The van der Waals surface area contributed by atoms with Crippen molar-refractivity contribution in [3.63, 3.8) is 0 Å². The molecule has 0 radical (unpaired) electrons. The fourth-order valence-corrected chi connectivity index (χ4v) is 4.19. The van der Waals surface area contributed by atoms with Crippen molar-refractivity contribution in [2.75, 3.05) is 20.2 Å². The molecule has 24 heavy (non-hydrogen) atoms. The maximum absolute atomic E-state index is 6.02. The minimum Gasteiger partial charge on any atom is -0.377 e. The van der Waals surface area contributed by atoms with Crippen LogP contribution in [0.15, 0.2) is 29.3 Å². The molecule has 1 aromatic carbocycles. The Balaban J connectivity index is 0.00000208. The van der Waals surface area contributed by atoms with Gasteiger partial charge in [-0.25, -0.2) is 0 Å². The summed E-state index contributed by atoms with van der Waals surface area (Å²) in [6, 6.07) is 8.42. The molecule has 0 spiro atoms. The molecule has 1 saturated carbocycles. The number of hydrogen-bond donors (Lipinski definition) is 2.